The van der Waals surface area contributed by atoms with Gasteiger partial charge in [0.05, 0.1) is 0 Å². The molecule has 1 nitrogen and oxygen atoms in total. The molecule has 0 bridgehead atoms. The van der Waals surface area contributed by atoms with Gasteiger partial charge in [0.2, 0.25) is 0 Å². The average Bonchev–Trinajstić information content (AvgIpc) is 1.64. The van der Waals surface area contributed by atoms with Crippen molar-refractivity contribution in [2.45, 2.75) is 39.8 Å². The molecule has 0 unspecified atom stereocenters. The molecule has 0 N–H and O–H groups in total. The van der Waals surface area contributed by atoms with Crippen molar-refractivity contribution >= 4 is 0 Å². The third kappa shape index (κ3) is 2.31. The normalized spacial score (nSPS) is 12.0. The van der Waals surface area contributed by atoms with E-state index >= 15 is 0 Å². The lowest BCUT2D eigenvalue weighted by Gasteiger charge is -2.24. The number of nitrogens with zero attached hydrogens (tertiary/aromatic N) is 1. The van der Waals surface area contributed by atoms with E-state index in [0.717, 1.165) is 0 Å². The molecule has 0 aromatic rings. The number of hydrogen-bond donors (Lipinski definition) is 0. The van der Waals surface area contributed by atoms with Crippen LogP contribution in [0.25, 0.3) is 0 Å². The summed E-state index contributed by atoms with van der Waals surface area (Å²) >= 11 is 0. The van der Waals surface area contributed by atoms with Crippen molar-refractivity contribution in [2.24, 2.45) is 0 Å². The molecule has 0 aromatic carbocycles. The van der Waals surface area contributed by atoms with Crippen molar-refractivity contribution in [3.63, 3.8) is 0 Å². The second kappa shape index (κ2) is 3.08. The molecule has 0 fully saturated rings. The summed E-state index contributed by atoms with van der Waals surface area (Å²) in [5.74, 6) is 0. The molecule has 0 aromatic heterocycles. The van der Waals surface area contributed by atoms with E-state index < -0.39 is 0 Å². The Labute approximate surface area is 52.7 Å². The van der Waals surface area contributed by atoms with Gasteiger partial charge in [-0.2, -0.15) is 0 Å². The fourth-order valence-corrected chi connectivity index (χ4v) is 0.596. The van der Waals surface area contributed by atoms with Gasteiger partial charge in [-0.15, -0.1) is 0 Å². The highest BCUT2D eigenvalue weighted by molar-refractivity contribution is 4.64. The lowest BCUT2D eigenvalue weighted by atomic mass is 10.3. The maximum atomic E-state index is 5.59. The lowest BCUT2D eigenvalue weighted by Crippen LogP contribution is -2.30. The Bertz CT molecular complexity index is 49.4. The highest BCUT2D eigenvalue weighted by Crippen LogP contribution is 2.00. The summed E-state index contributed by atoms with van der Waals surface area (Å²) in [7, 11) is 5.59. The van der Waals surface area contributed by atoms with Crippen LogP contribution in [0.3, 0.4) is 0 Å². The molecule has 2 radical (unpaired) electrons. The first kappa shape index (κ1) is 7.96. The Morgan fingerprint density at radius 2 is 1.25 bits per heavy atom. The van der Waals surface area contributed by atoms with E-state index in [1.165, 1.54) is 0 Å². The van der Waals surface area contributed by atoms with Gasteiger partial charge in [-0.05, 0) is 27.7 Å². The predicted octanol–water partition coefficient (Wildman–Crippen LogP) is 1.77. The van der Waals surface area contributed by atoms with Crippen LogP contribution < -0.4 is 0 Å². The second-order valence-corrected chi connectivity index (χ2v) is 2.63. The summed E-state index contributed by atoms with van der Waals surface area (Å²) < 4.78 is 0. The van der Waals surface area contributed by atoms with Gasteiger partial charge in [0.1, 0.15) is 0 Å². The lowest BCUT2D eigenvalue weighted by molar-refractivity contribution is 0.251. The van der Waals surface area contributed by atoms with Crippen molar-refractivity contribution in [1.82, 2.24) is 4.90 Å². The van der Waals surface area contributed by atoms with E-state index in [0.29, 0.717) is 12.1 Å². The SMILES string of the molecule is [CH]N(C(C)C)C(C)C. The van der Waals surface area contributed by atoms with Gasteiger partial charge in [-0.25, -0.2) is 0 Å². The third-order valence-corrected chi connectivity index (χ3v) is 1.19. The molecule has 0 amide bonds. The summed E-state index contributed by atoms with van der Waals surface area (Å²) in [6, 6.07) is 0.907. The molecular formula is C7H15N. The Hall–Kier alpha value is -0.0400. The van der Waals surface area contributed by atoms with E-state index in [2.05, 4.69) is 27.7 Å². The topological polar surface area (TPSA) is 3.24 Å². The molecule has 0 spiro atoms. The van der Waals surface area contributed by atoms with Crippen molar-refractivity contribution < 1.29 is 0 Å². The molecule has 0 saturated heterocycles. The van der Waals surface area contributed by atoms with Crippen LogP contribution in [-0.4, -0.2) is 17.0 Å². The zero-order valence-electron chi connectivity index (χ0n) is 6.18. The van der Waals surface area contributed by atoms with Crippen molar-refractivity contribution in [3.05, 3.63) is 7.05 Å². The van der Waals surface area contributed by atoms with E-state index in [1.807, 2.05) is 4.90 Å². The third-order valence-electron chi connectivity index (χ3n) is 1.19. The minimum atomic E-state index is 0.454. The summed E-state index contributed by atoms with van der Waals surface area (Å²) in [4.78, 5) is 1.83. The molecule has 0 saturated carbocycles. The molecular weight excluding hydrogens is 98.1 g/mol. The fraction of sp³-hybridized carbons (Fsp3) is 0.857. The molecule has 8 heavy (non-hydrogen) atoms. The first-order valence-electron chi connectivity index (χ1n) is 3.08. The monoisotopic (exact) mass is 113 g/mol. The van der Waals surface area contributed by atoms with Crippen molar-refractivity contribution in [3.8, 4) is 0 Å². The minimum absolute atomic E-state index is 0.454. The van der Waals surface area contributed by atoms with Crippen LogP contribution in [0.15, 0.2) is 0 Å². The first-order chi connectivity index (χ1) is 3.55. The summed E-state index contributed by atoms with van der Waals surface area (Å²) in [5.41, 5.74) is 0. The zero-order chi connectivity index (χ0) is 6.73. The Kier molecular flexibility index (Phi) is 3.06. The van der Waals surface area contributed by atoms with Crippen LogP contribution in [0, 0.1) is 7.05 Å². The van der Waals surface area contributed by atoms with Gasteiger partial charge in [0.15, 0.2) is 0 Å². The summed E-state index contributed by atoms with van der Waals surface area (Å²) in [5, 5.41) is 0. The van der Waals surface area contributed by atoms with Crippen molar-refractivity contribution in [1.29, 1.82) is 0 Å². The average molecular weight is 113 g/mol. The second-order valence-electron chi connectivity index (χ2n) is 2.63. The summed E-state index contributed by atoms with van der Waals surface area (Å²) in [6.07, 6.45) is 0. The van der Waals surface area contributed by atoms with Crippen molar-refractivity contribution in [2.75, 3.05) is 0 Å². The number of hydrogen-bond acceptors (Lipinski definition) is 1. The van der Waals surface area contributed by atoms with Crippen LogP contribution in [-0.2, 0) is 0 Å². The van der Waals surface area contributed by atoms with Crippen LogP contribution in [0.1, 0.15) is 27.7 Å². The Morgan fingerprint density at radius 3 is 1.25 bits per heavy atom. The zero-order valence-corrected chi connectivity index (χ0v) is 6.18. The van der Waals surface area contributed by atoms with Gasteiger partial charge in [-0.1, -0.05) is 0 Å². The van der Waals surface area contributed by atoms with Crippen LogP contribution in [0.4, 0.5) is 0 Å². The molecule has 0 atom stereocenters. The van der Waals surface area contributed by atoms with Gasteiger partial charge in [0.25, 0.3) is 0 Å². The number of rotatable bonds is 2. The largest absolute Gasteiger partial charge is 0.292 e. The molecule has 0 aliphatic rings. The van der Waals surface area contributed by atoms with Crippen LogP contribution >= 0.6 is 0 Å². The van der Waals surface area contributed by atoms with E-state index in [9.17, 15) is 0 Å². The highest BCUT2D eigenvalue weighted by Gasteiger charge is 2.05. The van der Waals surface area contributed by atoms with Crippen LogP contribution in [0.5, 0.6) is 0 Å². The molecule has 0 heterocycles. The molecule has 48 valence electrons. The molecule has 0 aliphatic carbocycles. The van der Waals surface area contributed by atoms with Gasteiger partial charge in [-0.3, -0.25) is 4.90 Å². The standard InChI is InChI=1S/C7H15N/c1-6(2)8(5)7(3)4/h5-7H,1-4H3. The van der Waals surface area contributed by atoms with Gasteiger partial charge in [0, 0.05) is 19.1 Å². The fourth-order valence-electron chi connectivity index (χ4n) is 0.596. The van der Waals surface area contributed by atoms with E-state index in [4.69, 9.17) is 7.05 Å². The maximum absolute atomic E-state index is 5.59. The smallest absolute Gasteiger partial charge is 0.0444 e. The first-order valence-corrected chi connectivity index (χ1v) is 3.08. The van der Waals surface area contributed by atoms with E-state index in [-0.39, 0.29) is 0 Å². The summed E-state index contributed by atoms with van der Waals surface area (Å²) in [6.45, 7) is 8.33. The minimum Gasteiger partial charge on any atom is -0.292 e. The molecule has 0 aliphatic heterocycles. The Balaban J connectivity index is 3.46. The van der Waals surface area contributed by atoms with Gasteiger partial charge >= 0.3 is 0 Å². The maximum Gasteiger partial charge on any atom is 0.0444 e. The van der Waals surface area contributed by atoms with Crippen LogP contribution in [0.2, 0.25) is 0 Å². The Morgan fingerprint density at radius 1 is 1.00 bits per heavy atom. The van der Waals surface area contributed by atoms with E-state index in [1.54, 1.807) is 0 Å². The highest BCUT2D eigenvalue weighted by atomic mass is 15.1. The van der Waals surface area contributed by atoms with Gasteiger partial charge < -0.3 is 0 Å². The molecule has 0 rings (SSSR count). The predicted molar refractivity (Wildman–Crippen MR) is 36.4 cm³/mol. The molecule has 1 heteroatoms. The quantitative estimate of drug-likeness (QED) is 0.493.